The second-order valence-corrected chi connectivity index (χ2v) is 7.80. The molecule has 0 fully saturated rings. The molecule has 0 saturated carbocycles. The van der Waals surface area contributed by atoms with Crippen molar-refractivity contribution in [3.63, 3.8) is 0 Å². The van der Waals surface area contributed by atoms with Crippen LogP contribution in [0.25, 0.3) is 0 Å². The van der Waals surface area contributed by atoms with Crippen LogP contribution in [0.2, 0.25) is 0 Å². The molecule has 3 rings (SSSR count). The van der Waals surface area contributed by atoms with Gasteiger partial charge in [-0.05, 0) is 42.0 Å². The maximum absolute atomic E-state index is 12.3. The summed E-state index contributed by atoms with van der Waals surface area (Å²) < 4.78 is 0. The van der Waals surface area contributed by atoms with Crippen LogP contribution in [-0.2, 0) is 17.8 Å². The van der Waals surface area contributed by atoms with Crippen molar-refractivity contribution >= 4 is 34.4 Å². The molecule has 0 radical (unpaired) electrons. The monoisotopic (exact) mass is 369 g/mol. The molecule has 0 bridgehead atoms. The largest absolute Gasteiger partial charge is 0.351 e. The van der Waals surface area contributed by atoms with Crippen LogP contribution < -0.4 is 5.32 Å². The lowest BCUT2D eigenvalue weighted by atomic mass is 10.1. The third-order valence-corrected chi connectivity index (χ3v) is 5.75. The quantitative estimate of drug-likeness (QED) is 0.586. The molecule has 0 atom stereocenters. The van der Waals surface area contributed by atoms with Gasteiger partial charge in [0.2, 0.25) is 11.7 Å². The molecule has 2 aromatic heterocycles. The number of carbonyl (C=O) groups is 2. The molecule has 5 heteroatoms. The lowest BCUT2D eigenvalue weighted by molar-refractivity contribution is -0.121. The normalized spacial score (nSPS) is 10.6. The first-order chi connectivity index (χ1) is 12.2. The van der Waals surface area contributed by atoms with E-state index in [9.17, 15) is 9.59 Å². The van der Waals surface area contributed by atoms with Gasteiger partial charge in [0.1, 0.15) is 0 Å². The minimum atomic E-state index is 0.0514. The van der Waals surface area contributed by atoms with Crippen molar-refractivity contribution in [2.75, 3.05) is 0 Å². The van der Waals surface area contributed by atoms with Gasteiger partial charge in [-0.1, -0.05) is 36.4 Å². The Morgan fingerprint density at radius 2 is 1.76 bits per heavy atom. The Morgan fingerprint density at radius 1 is 0.920 bits per heavy atom. The topological polar surface area (TPSA) is 46.2 Å². The SMILES string of the molecule is O=C(CCCc1ccccc1)NCc1ccc(C(=O)c2cccs2)s1. The highest BCUT2D eigenvalue weighted by Gasteiger charge is 2.13. The zero-order valence-electron chi connectivity index (χ0n) is 13.7. The molecule has 3 nitrogen and oxygen atoms in total. The van der Waals surface area contributed by atoms with Gasteiger partial charge in [-0.2, -0.15) is 0 Å². The van der Waals surface area contributed by atoms with Gasteiger partial charge in [0.15, 0.2) is 0 Å². The van der Waals surface area contributed by atoms with E-state index in [1.165, 1.54) is 28.2 Å². The molecule has 128 valence electrons. The Morgan fingerprint density at radius 3 is 2.52 bits per heavy atom. The van der Waals surface area contributed by atoms with Gasteiger partial charge in [-0.3, -0.25) is 9.59 Å². The Labute approximate surface area is 155 Å². The predicted octanol–water partition coefficient (Wildman–Crippen LogP) is 4.68. The van der Waals surface area contributed by atoms with E-state index in [0.29, 0.717) is 13.0 Å². The smallest absolute Gasteiger partial charge is 0.220 e. The van der Waals surface area contributed by atoms with Crippen LogP contribution in [0.4, 0.5) is 0 Å². The minimum Gasteiger partial charge on any atom is -0.351 e. The third kappa shape index (κ3) is 5.11. The number of hydrogen-bond acceptors (Lipinski definition) is 4. The van der Waals surface area contributed by atoms with Gasteiger partial charge in [0.05, 0.1) is 16.3 Å². The van der Waals surface area contributed by atoms with Crippen LogP contribution in [0.5, 0.6) is 0 Å². The average molecular weight is 370 g/mol. The van der Waals surface area contributed by atoms with Gasteiger partial charge < -0.3 is 5.32 Å². The van der Waals surface area contributed by atoms with Crippen molar-refractivity contribution in [3.05, 3.63) is 80.2 Å². The molecule has 0 saturated heterocycles. The number of rotatable bonds is 8. The number of ketones is 1. The van der Waals surface area contributed by atoms with E-state index in [0.717, 1.165) is 27.5 Å². The Hall–Kier alpha value is -2.24. The molecular weight excluding hydrogens is 350 g/mol. The second kappa shape index (κ2) is 8.74. The van der Waals surface area contributed by atoms with Crippen molar-refractivity contribution < 1.29 is 9.59 Å². The van der Waals surface area contributed by atoms with Crippen LogP contribution >= 0.6 is 22.7 Å². The Balaban J connectivity index is 1.42. The first-order valence-electron chi connectivity index (χ1n) is 8.20. The fraction of sp³-hybridized carbons (Fsp3) is 0.200. The predicted molar refractivity (Wildman–Crippen MR) is 103 cm³/mol. The van der Waals surface area contributed by atoms with Crippen LogP contribution in [0.1, 0.15) is 37.8 Å². The van der Waals surface area contributed by atoms with E-state index < -0.39 is 0 Å². The number of amides is 1. The molecule has 0 unspecified atom stereocenters. The van der Waals surface area contributed by atoms with Crippen molar-refractivity contribution in [2.24, 2.45) is 0 Å². The Bertz CT molecular complexity index is 823. The van der Waals surface area contributed by atoms with E-state index in [1.807, 2.05) is 47.8 Å². The standard InChI is InChI=1S/C20H19NO2S2/c22-19(10-4-8-15-6-2-1-3-7-15)21-14-16-11-12-18(25-16)20(23)17-9-5-13-24-17/h1-3,5-7,9,11-13H,4,8,10,14H2,(H,21,22). The number of nitrogens with one attached hydrogen (secondary N) is 1. The van der Waals surface area contributed by atoms with Crippen LogP contribution in [-0.4, -0.2) is 11.7 Å². The first kappa shape index (κ1) is 17.6. The summed E-state index contributed by atoms with van der Waals surface area (Å²) in [7, 11) is 0. The van der Waals surface area contributed by atoms with Crippen molar-refractivity contribution in [3.8, 4) is 0 Å². The van der Waals surface area contributed by atoms with Crippen LogP contribution in [0.3, 0.4) is 0 Å². The Kier molecular flexibility index (Phi) is 6.14. The van der Waals surface area contributed by atoms with Gasteiger partial charge >= 0.3 is 0 Å². The van der Waals surface area contributed by atoms with E-state index >= 15 is 0 Å². The van der Waals surface area contributed by atoms with Crippen LogP contribution in [0, 0.1) is 0 Å². The number of thiophene rings is 2. The van der Waals surface area contributed by atoms with Crippen molar-refractivity contribution in [1.29, 1.82) is 0 Å². The maximum Gasteiger partial charge on any atom is 0.220 e. The molecule has 2 heterocycles. The molecule has 0 aliphatic carbocycles. The molecular formula is C20H19NO2S2. The van der Waals surface area contributed by atoms with E-state index in [-0.39, 0.29) is 11.7 Å². The summed E-state index contributed by atoms with van der Waals surface area (Å²) >= 11 is 2.89. The summed E-state index contributed by atoms with van der Waals surface area (Å²) in [5, 5.41) is 4.84. The van der Waals surface area contributed by atoms with E-state index in [4.69, 9.17) is 0 Å². The molecule has 0 spiro atoms. The first-order valence-corrected chi connectivity index (χ1v) is 9.89. The molecule has 1 amide bonds. The molecule has 3 aromatic rings. The second-order valence-electron chi connectivity index (χ2n) is 5.69. The summed E-state index contributed by atoms with van der Waals surface area (Å²) in [5.41, 5.74) is 1.25. The maximum atomic E-state index is 12.3. The summed E-state index contributed by atoms with van der Waals surface area (Å²) in [5.74, 6) is 0.107. The van der Waals surface area contributed by atoms with E-state index in [2.05, 4.69) is 17.4 Å². The summed E-state index contributed by atoms with van der Waals surface area (Å²) in [6.07, 6.45) is 2.26. The van der Waals surface area contributed by atoms with E-state index in [1.54, 1.807) is 0 Å². The number of aryl methyl sites for hydroxylation is 1. The van der Waals surface area contributed by atoms with Crippen LogP contribution in [0.15, 0.2) is 60.0 Å². The average Bonchev–Trinajstić information content (AvgIpc) is 3.32. The molecule has 1 aromatic carbocycles. The summed E-state index contributed by atoms with van der Waals surface area (Å²) in [6.45, 7) is 0.479. The van der Waals surface area contributed by atoms with Crippen molar-refractivity contribution in [1.82, 2.24) is 5.32 Å². The van der Waals surface area contributed by atoms with Gasteiger partial charge in [0, 0.05) is 11.3 Å². The minimum absolute atomic E-state index is 0.0514. The zero-order chi connectivity index (χ0) is 17.5. The van der Waals surface area contributed by atoms with Gasteiger partial charge in [-0.15, -0.1) is 22.7 Å². The van der Waals surface area contributed by atoms with Crippen molar-refractivity contribution in [2.45, 2.75) is 25.8 Å². The summed E-state index contributed by atoms with van der Waals surface area (Å²) in [4.78, 5) is 26.7. The number of benzene rings is 1. The molecule has 25 heavy (non-hydrogen) atoms. The highest BCUT2D eigenvalue weighted by atomic mass is 32.1. The fourth-order valence-electron chi connectivity index (χ4n) is 2.50. The summed E-state index contributed by atoms with van der Waals surface area (Å²) in [6, 6.07) is 17.6. The van der Waals surface area contributed by atoms with Gasteiger partial charge in [0.25, 0.3) is 0 Å². The molecule has 0 aliphatic heterocycles. The number of carbonyl (C=O) groups excluding carboxylic acids is 2. The highest BCUT2D eigenvalue weighted by Crippen LogP contribution is 2.22. The lowest BCUT2D eigenvalue weighted by Gasteiger charge is -2.04. The lowest BCUT2D eigenvalue weighted by Crippen LogP contribution is -2.21. The highest BCUT2D eigenvalue weighted by molar-refractivity contribution is 7.16. The molecule has 1 N–H and O–H groups in total. The molecule has 0 aliphatic rings. The third-order valence-electron chi connectivity index (χ3n) is 3.80. The zero-order valence-corrected chi connectivity index (χ0v) is 15.4. The fourth-order valence-corrected chi connectivity index (χ4v) is 4.14. The number of hydrogen-bond donors (Lipinski definition) is 1. The van der Waals surface area contributed by atoms with Gasteiger partial charge in [-0.25, -0.2) is 0 Å².